The molecule has 152 valence electrons. The maximum absolute atomic E-state index is 12.8. The van der Waals surface area contributed by atoms with Gasteiger partial charge in [-0.25, -0.2) is 9.69 Å². The minimum atomic E-state index is -0.661. The molecule has 6 heteroatoms. The first kappa shape index (κ1) is 21.3. The summed E-state index contributed by atoms with van der Waals surface area (Å²) in [5.74, 6) is -0.129. The molecule has 0 spiro atoms. The molecule has 0 bridgehead atoms. The van der Waals surface area contributed by atoms with Gasteiger partial charge in [-0.1, -0.05) is 66.7 Å². The van der Waals surface area contributed by atoms with E-state index in [-0.39, 0.29) is 30.3 Å². The van der Waals surface area contributed by atoms with Gasteiger partial charge in [-0.2, -0.15) is 0 Å². The summed E-state index contributed by atoms with van der Waals surface area (Å²) < 4.78 is 5.39. The van der Waals surface area contributed by atoms with Crippen molar-refractivity contribution in [1.29, 1.82) is 0 Å². The van der Waals surface area contributed by atoms with Gasteiger partial charge in [0.1, 0.15) is 5.75 Å². The Hall–Kier alpha value is -3.44. The van der Waals surface area contributed by atoms with Crippen molar-refractivity contribution in [2.45, 2.75) is 12.5 Å². The molecule has 0 aliphatic carbocycles. The average Bonchev–Trinajstić information content (AvgIpc) is 2.76. The molecule has 1 fully saturated rings. The normalized spacial score (nSPS) is 17.9. The molecule has 0 saturated carbocycles. The van der Waals surface area contributed by atoms with Crippen LogP contribution in [0.15, 0.2) is 91.3 Å². The van der Waals surface area contributed by atoms with Gasteiger partial charge in [0, 0.05) is 12.4 Å². The van der Waals surface area contributed by atoms with Crippen LogP contribution in [0.1, 0.15) is 11.1 Å². The van der Waals surface area contributed by atoms with E-state index in [0.29, 0.717) is 12.2 Å². The van der Waals surface area contributed by atoms with Crippen molar-refractivity contribution in [2.24, 2.45) is 5.92 Å². The van der Waals surface area contributed by atoms with Crippen molar-refractivity contribution in [1.82, 2.24) is 9.88 Å². The van der Waals surface area contributed by atoms with Gasteiger partial charge in [0.15, 0.2) is 0 Å². The monoisotopic (exact) mass is 420 g/mol. The molecular formula is C24H21ClN2O3. The van der Waals surface area contributed by atoms with Crippen LogP contribution in [0, 0.1) is 5.92 Å². The Morgan fingerprint density at radius 2 is 1.70 bits per heavy atom. The SMILES string of the molecule is Cl.O=C(Oc1ccccc1)N1C(=O)[C@H](Cc2ccccc2)[C@@H]1/C=C/c1cccnc1. The minimum Gasteiger partial charge on any atom is -0.410 e. The fourth-order valence-electron chi connectivity index (χ4n) is 3.40. The van der Waals surface area contributed by atoms with Crippen LogP contribution in [0.3, 0.4) is 0 Å². The van der Waals surface area contributed by atoms with E-state index in [2.05, 4.69) is 4.98 Å². The summed E-state index contributed by atoms with van der Waals surface area (Å²) in [6.07, 6.45) is 7.09. The second kappa shape index (κ2) is 9.85. The number of hydrogen-bond donors (Lipinski definition) is 0. The van der Waals surface area contributed by atoms with E-state index < -0.39 is 6.09 Å². The van der Waals surface area contributed by atoms with E-state index in [9.17, 15) is 9.59 Å². The van der Waals surface area contributed by atoms with Crippen molar-refractivity contribution in [2.75, 3.05) is 0 Å². The largest absolute Gasteiger partial charge is 0.422 e. The summed E-state index contributed by atoms with van der Waals surface area (Å²) in [5, 5.41) is 0. The molecule has 2 atom stereocenters. The molecule has 5 nitrogen and oxygen atoms in total. The summed E-state index contributed by atoms with van der Waals surface area (Å²) in [5.41, 5.74) is 1.96. The zero-order chi connectivity index (χ0) is 20.1. The summed E-state index contributed by atoms with van der Waals surface area (Å²) in [7, 11) is 0. The highest BCUT2D eigenvalue weighted by molar-refractivity contribution is 6.01. The molecule has 2 heterocycles. The Balaban J connectivity index is 0.00000256. The number of likely N-dealkylation sites (tertiary alicyclic amines) is 1. The second-order valence-electron chi connectivity index (χ2n) is 6.82. The second-order valence-corrected chi connectivity index (χ2v) is 6.82. The first-order valence-electron chi connectivity index (χ1n) is 9.44. The van der Waals surface area contributed by atoms with E-state index in [1.807, 2.05) is 60.7 Å². The van der Waals surface area contributed by atoms with Crippen molar-refractivity contribution >= 4 is 30.5 Å². The van der Waals surface area contributed by atoms with Crippen molar-refractivity contribution in [3.05, 3.63) is 102 Å². The van der Waals surface area contributed by atoms with Gasteiger partial charge >= 0.3 is 6.09 Å². The average molecular weight is 421 g/mol. The van der Waals surface area contributed by atoms with Gasteiger partial charge in [-0.3, -0.25) is 9.78 Å². The van der Waals surface area contributed by atoms with Crippen LogP contribution in [0.25, 0.3) is 6.08 Å². The third-order valence-corrected chi connectivity index (χ3v) is 4.88. The lowest BCUT2D eigenvalue weighted by Crippen LogP contribution is -2.63. The van der Waals surface area contributed by atoms with Crippen LogP contribution in [-0.2, 0) is 11.2 Å². The summed E-state index contributed by atoms with van der Waals surface area (Å²) in [6.45, 7) is 0. The number of pyridine rings is 1. The van der Waals surface area contributed by atoms with E-state index in [0.717, 1.165) is 11.1 Å². The Bertz CT molecular complexity index is 1010. The number of rotatable bonds is 5. The molecular weight excluding hydrogens is 400 g/mol. The number of benzene rings is 2. The van der Waals surface area contributed by atoms with E-state index in [1.54, 1.807) is 36.7 Å². The van der Waals surface area contributed by atoms with Crippen molar-refractivity contribution < 1.29 is 14.3 Å². The van der Waals surface area contributed by atoms with Gasteiger partial charge in [-0.15, -0.1) is 12.4 Å². The molecule has 0 unspecified atom stereocenters. The predicted molar refractivity (Wildman–Crippen MR) is 117 cm³/mol. The van der Waals surface area contributed by atoms with Gasteiger partial charge in [0.25, 0.3) is 0 Å². The Kier molecular flexibility index (Phi) is 6.99. The Morgan fingerprint density at radius 3 is 2.37 bits per heavy atom. The Labute approximate surface area is 181 Å². The molecule has 4 rings (SSSR count). The number of nitrogens with zero attached hydrogens (tertiary/aromatic N) is 2. The van der Waals surface area contributed by atoms with Gasteiger partial charge < -0.3 is 4.74 Å². The summed E-state index contributed by atoms with van der Waals surface area (Å²) in [6, 6.07) is 21.9. The number of halogens is 1. The number of carbonyl (C=O) groups excluding carboxylic acids is 2. The van der Waals surface area contributed by atoms with Crippen LogP contribution >= 0.6 is 12.4 Å². The molecule has 0 N–H and O–H groups in total. The number of para-hydroxylation sites is 1. The van der Waals surface area contributed by atoms with Gasteiger partial charge in [0.2, 0.25) is 5.91 Å². The van der Waals surface area contributed by atoms with Crippen molar-refractivity contribution in [3.8, 4) is 5.75 Å². The maximum atomic E-state index is 12.8. The standard InChI is InChI=1S/C24H20N2O3.ClH/c27-23-21(16-18-8-3-1-4-9-18)22(14-13-19-10-7-15-25-17-19)26(23)24(28)29-20-11-5-2-6-12-20;/h1-15,17,21-22H,16H2;1H/b14-13+;/t21-,22+;/m1./s1. The number of imide groups is 1. The number of β-lactam (4-membered cyclic amide) rings is 1. The van der Waals surface area contributed by atoms with E-state index in [1.165, 1.54) is 4.90 Å². The predicted octanol–water partition coefficient (Wildman–Crippen LogP) is 4.79. The minimum absolute atomic E-state index is 0. The number of carbonyl (C=O) groups is 2. The molecule has 1 saturated heterocycles. The fraction of sp³-hybridized carbons (Fsp3) is 0.125. The van der Waals surface area contributed by atoms with Crippen molar-refractivity contribution in [3.63, 3.8) is 0 Å². The third-order valence-electron chi connectivity index (χ3n) is 4.88. The highest BCUT2D eigenvalue weighted by Crippen LogP contribution is 2.32. The fourth-order valence-corrected chi connectivity index (χ4v) is 3.40. The number of aromatic nitrogens is 1. The molecule has 1 aliphatic rings. The van der Waals surface area contributed by atoms with Crippen LogP contribution in [-0.4, -0.2) is 27.9 Å². The van der Waals surface area contributed by atoms with Gasteiger partial charge in [-0.05, 0) is 35.7 Å². The molecule has 3 aromatic rings. The van der Waals surface area contributed by atoms with Crippen LogP contribution in [0.4, 0.5) is 4.79 Å². The number of hydrogen-bond acceptors (Lipinski definition) is 4. The van der Waals surface area contributed by atoms with Crippen LogP contribution < -0.4 is 4.74 Å². The molecule has 30 heavy (non-hydrogen) atoms. The van der Waals surface area contributed by atoms with E-state index >= 15 is 0 Å². The lowest BCUT2D eigenvalue weighted by atomic mass is 9.82. The highest BCUT2D eigenvalue weighted by Gasteiger charge is 2.50. The first-order valence-corrected chi connectivity index (χ1v) is 9.44. The number of amides is 2. The molecule has 2 aromatic carbocycles. The first-order chi connectivity index (χ1) is 14.2. The zero-order valence-corrected chi connectivity index (χ0v) is 16.9. The Morgan fingerprint density at radius 1 is 1.00 bits per heavy atom. The smallest absolute Gasteiger partial charge is 0.410 e. The summed E-state index contributed by atoms with van der Waals surface area (Å²) >= 11 is 0. The third kappa shape index (κ3) is 4.75. The quantitative estimate of drug-likeness (QED) is 0.557. The molecule has 2 amide bonds. The molecule has 1 aliphatic heterocycles. The lowest BCUT2D eigenvalue weighted by molar-refractivity contribution is -0.148. The topological polar surface area (TPSA) is 59.5 Å². The van der Waals surface area contributed by atoms with Gasteiger partial charge in [0.05, 0.1) is 12.0 Å². The maximum Gasteiger partial charge on any atom is 0.422 e. The number of ether oxygens (including phenoxy) is 1. The zero-order valence-electron chi connectivity index (χ0n) is 16.1. The molecule has 0 radical (unpaired) electrons. The highest BCUT2D eigenvalue weighted by atomic mass is 35.5. The molecule has 1 aromatic heterocycles. The van der Waals surface area contributed by atoms with Crippen LogP contribution in [0.2, 0.25) is 0 Å². The van der Waals surface area contributed by atoms with E-state index in [4.69, 9.17) is 4.74 Å². The summed E-state index contributed by atoms with van der Waals surface area (Å²) in [4.78, 5) is 30.7. The lowest BCUT2D eigenvalue weighted by Gasteiger charge is -2.43. The van der Waals surface area contributed by atoms with Crippen LogP contribution in [0.5, 0.6) is 5.75 Å².